The number of hydrogen-bond acceptors (Lipinski definition) is 4. The summed E-state index contributed by atoms with van der Waals surface area (Å²) in [7, 11) is 0. The van der Waals surface area contributed by atoms with E-state index in [2.05, 4.69) is 10.2 Å². The number of carbonyl (C=O) groups excluding carboxylic acids is 2. The molecule has 1 aliphatic rings. The van der Waals surface area contributed by atoms with Crippen molar-refractivity contribution >= 4 is 46.4 Å². The third kappa shape index (κ3) is 6.01. The highest BCUT2D eigenvalue weighted by molar-refractivity contribution is 6.31. The highest BCUT2D eigenvalue weighted by Crippen LogP contribution is 2.23. The van der Waals surface area contributed by atoms with E-state index >= 15 is 0 Å². The van der Waals surface area contributed by atoms with Crippen LogP contribution in [0.3, 0.4) is 0 Å². The predicted octanol–water partition coefficient (Wildman–Crippen LogP) is 5.28. The smallest absolute Gasteiger partial charge is 0.262 e. The molecule has 0 radical (unpaired) electrons. The summed E-state index contributed by atoms with van der Waals surface area (Å²) in [5, 5.41) is 4.09. The number of halogens is 2. The lowest BCUT2D eigenvalue weighted by Crippen LogP contribution is -2.48. The minimum absolute atomic E-state index is 0.0189. The zero-order valence-electron chi connectivity index (χ0n) is 18.8. The average molecular weight is 498 g/mol. The second-order valence-corrected chi connectivity index (χ2v) is 8.95. The maximum atomic E-state index is 12.7. The summed E-state index contributed by atoms with van der Waals surface area (Å²) in [5.74, 6) is 0.408. The molecule has 3 aromatic rings. The largest absolute Gasteiger partial charge is 0.483 e. The van der Waals surface area contributed by atoms with Crippen molar-refractivity contribution < 1.29 is 14.3 Å². The molecule has 0 spiro atoms. The zero-order chi connectivity index (χ0) is 24.1. The monoisotopic (exact) mass is 497 g/mol. The fourth-order valence-electron chi connectivity index (χ4n) is 3.81. The number of nitrogens with zero attached hydrogens (tertiary/aromatic N) is 2. The quantitative estimate of drug-likeness (QED) is 0.503. The first-order valence-corrected chi connectivity index (χ1v) is 11.7. The molecule has 1 fully saturated rings. The molecule has 4 rings (SSSR count). The van der Waals surface area contributed by atoms with Gasteiger partial charge >= 0.3 is 0 Å². The highest BCUT2D eigenvalue weighted by atomic mass is 35.5. The van der Waals surface area contributed by atoms with Crippen LogP contribution in [0.25, 0.3) is 0 Å². The summed E-state index contributed by atoms with van der Waals surface area (Å²) in [6, 6.07) is 19.9. The van der Waals surface area contributed by atoms with Crippen molar-refractivity contribution in [1.82, 2.24) is 4.90 Å². The third-order valence-corrected chi connectivity index (χ3v) is 6.16. The maximum Gasteiger partial charge on any atom is 0.262 e. The van der Waals surface area contributed by atoms with Crippen molar-refractivity contribution in [3.8, 4) is 5.75 Å². The van der Waals surface area contributed by atoms with E-state index in [-0.39, 0.29) is 18.4 Å². The Morgan fingerprint density at radius 2 is 1.53 bits per heavy atom. The van der Waals surface area contributed by atoms with Gasteiger partial charge in [0.25, 0.3) is 11.8 Å². The van der Waals surface area contributed by atoms with Crippen molar-refractivity contribution in [2.75, 3.05) is 43.0 Å². The summed E-state index contributed by atoms with van der Waals surface area (Å²) < 4.78 is 5.59. The molecule has 0 unspecified atom stereocenters. The van der Waals surface area contributed by atoms with Gasteiger partial charge in [0.05, 0.1) is 0 Å². The molecule has 34 heavy (non-hydrogen) atoms. The molecular formula is C26H25Cl2N3O3. The van der Waals surface area contributed by atoms with Gasteiger partial charge in [0.1, 0.15) is 5.75 Å². The van der Waals surface area contributed by atoms with Crippen LogP contribution < -0.4 is 15.0 Å². The third-order valence-electron chi connectivity index (χ3n) is 5.67. The number of hydrogen-bond donors (Lipinski definition) is 1. The first kappa shape index (κ1) is 23.9. The van der Waals surface area contributed by atoms with Crippen LogP contribution in [0.15, 0.2) is 66.7 Å². The van der Waals surface area contributed by atoms with Gasteiger partial charge in [-0.15, -0.1) is 0 Å². The van der Waals surface area contributed by atoms with Gasteiger partial charge < -0.3 is 19.9 Å². The Morgan fingerprint density at radius 1 is 0.882 bits per heavy atom. The standard InChI is InChI=1S/C26H25Cl2N3O3/c1-18-16-21(28)6-11-24(18)34-17-25(32)29-22-7-9-23(10-8-22)30-12-14-31(15-13-30)26(33)19-2-4-20(27)5-3-19/h2-11,16H,12-15,17H2,1H3,(H,29,32). The lowest BCUT2D eigenvalue weighted by molar-refractivity contribution is -0.118. The number of rotatable bonds is 6. The predicted molar refractivity (Wildman–Crippen MR) is 136 cm³/mol. The summed E-state index contributed by atoms with van der Waals surface area (Å²) >= 11 is 11.9. The van der Waals surface area contributed by atoms with Gasteiger partial charge in [-0.2, -0.15) is 0 Å². The number of amides is 2. The van der Waals surface area contributed by atoms with Crippen molar-refractivity contribution in [3.05, 3.63) is 87.9 Å². The van der Waals surface area contributed by atoms with Crippen LogP contribution in [0, 0.1) is 6.92 Å². The van der Waals surface area contributed by atoms with Gasteiger partial charge in [-0.05, 0) is 79.2 Å². The number of carbonyl (C=O) groups is 2. The molecule has 176 valence electrons. The summed E-state index contributed by atoms with van der Waals surface area (Å²) in [4.78, 5) is 29.0. The molecule has 0 saturated carbocycles. The second kappa shape index (κ2) is 10.8. The summed E-state index contributed by atoms with van der Waals surface area (Å²) in [5.41, 5.74) is 3.26. The molecule has 1 N–H and O–H groups in total. The molecule has 1 heterocycles. The van der Waals surface area contributed by atoms with E-state index in [1.807, 2.05) is 36.1 Å². The molecule has 0 bridgehead atoms. The Kier molecular flexibility index (Phi) is 7.60. The van der Waals surface area contributed by atoms with Gasteiger partial charge in [-0.25, -0.2) is 0 Å². The van der Waals surface area contributed by atoms with Crippen LogP contribution in [0.1, 0.15) is 15.9 Å². The fourth-order valence-corrected chi connectivity index (χ4v) is 4.17. The van der Waals surface area contributed by atoms with E-state index < -0.39 is 0 Å². The molecule has 0 atom stereocenters. The highest BCUT2D eigenvalue weighted by Gasteiger charge is 2.22. The molecule has 8 heteroatoms. The van der Waals surface area contributed by atoms with Crippen LogP contribution in [0.4, 0.5) is 11.4 Å². The molecular weight excluding hydrogens is 473 g/mol. The Bertz CT molecular complexity index is 1160. The zero-order valence-corrected chi connectivity index (χ0v) is 20.3. The molecule has 3 aromatic carbocycles. The lowest BCUT2D eigenvalue weighted by Gasteiger charge is -2.36. The van der Waals surface area contributed by atoms with Crippen LogP contribution in [-0.4, -0.2) is 49.5 Å². The average Bonchev–Trinajstić information content (AvgIpc) is 2.84. The first-order valence-electron chi connectivity index (χ1n) is 11.0. The van der Waals surface area contributed by atoms with Crippen LogP contribution >= 0.6 is 23.2 Å². The van der Waals surface area contributed by atoms with Crippen molar-refractivity contribution in [2.24, 2.45) is 0 Å². The Labute approximate surface area is 209 Å². The number of nitrogens with one attached hydrogen (secondary N) is 1. The van der Waals surface area contributed by atoms with Gasteiger partial charge in [0, 0.05) is 53.2 Å². The normalized spacial score (nSPS) is 13.5. The molecule has 6 nitrogen and oxygen atoms in total. The van der Waals surface area contributed by atoms with Crippen molar-refractivity contribution in [1.29, 1.82) is 0 Å². The first-order chi connectivity index (χ1) is 16.4. The van der Waals surface area contributed by atoms with Crippen molar-refractivity contribution in [2.45, 2.75) is 6.92 Å². The van der Waals surface area contributed by atoms with Gasteiger partial charge in [0.15, 0.2) is 6.61 Å². The van der Waals surface area contributed by atoms with E-state index in [9.17, 15) is 9.59 Å². The van der Waals surface area contributed by atoms with Gasteiger partial charge in [-0.3, -0.25) is 9.59 Å². The lowest BCUT2D eigenvalue weighted by atomic mass is 10.1. The Balaban J connectivity index is 1.26. The number of aryl methyl sites for hydroxylation is 1. The van der Waals surface area contributed by atoms with E-state index in [4.69, 9.17) is 27.9 Å². The van der Waals surface area contributed by atoms with E-state index in [0.717, 1.165) is 24.3 Å². The number of piperazine rings is 1. The molecule has 1 saturated heterocycles. The van der Waals surface area contributed by atoms with E-state index in [1.54, 1.807) is 42.5 Å². The van der Waals surface area contributed by atoms with Crippen molar-refractivity contribution in [3.63, 3.8) is 0 Å². The Hall–Kier alpha value is -3.22. The number of ether oxygens (including phenoxy) is 1. The van der Waals surface area contributed by atoms with E-state index in [1.165, 1.54) is 0 Å². The SMILES string of the molecule is Cc1cc(Cl)ccc1OCC(=O)Nc1ccc(N2CCN(C(=O)c3ccc(Cl)cc3)CC2)cc1. The van der Waals surface area contributed by atoms with Crippen LogP contribution in [0.5, 0.6) is 5.75 Å². The minimum Gasteiger partial charge on any atom is -0.483 e. The van der Waals surface area contributed by atoms with Crippen LogP contribution in [0.2, 0.25) is 10.0 Å². The maximum absolute atomic E-state index is 12.7. The number of anilines is 2. The second-order valence-electron chi connectivity index (χ2n) is 8.08. The van der Waals surface area contributed by atoms with E-state index in [0.29, 0.717) is 40.1 Å². The minimum atomic E-state index is -0.239. The molecule has 0 aromatic heterocycles. The fraction of sp³-hybridized carbons (Fsp3) is 0.231. The summed E-state index contributed by atoms with van der Waals surface area (Å²) in [6.07, 6.45) is 0. The number of benzene rings is 3. The van der Waals surface area contributed by atoms with Gasteiger partial charge in [-0.1, -0.05) is 23.2 Å². The van der Waals surface area contributed by atoms with Gasteiger partial charge in [0.2, 0.25) is 0 Å². The molecule has 2 amide bonds. The van der Waals surface area contributed by atoms with Crippen LogP contribution in [-0.2, 0) is 4.79 Å². The molecule has 0 aliphatic carbocycles. The Morgan fingerprint density at radius 3 is 2.18 bits per heavy atom. The summed E-state index contributed by atoms with van der Waals surface area (Å²) in [6.45, 7) is 4.54. The molecule has 1 aliphatic heterocycles. The topological polar surface area (TPSA) is 61.9 Å².